The molecule has 1 amide bonds. The van der Waals surface area contributed by atoms with Gasteiger partial charge in [-0.3, -0.25) is 4.79 Å². The summed E-state index contributed by atoms with van der Waals surface area (Å²) in [4.78, 5) is 12.3. The number of rotatable bonds is 3. The van der Waals surface area contributed by atoms with Crippen molar-refractivity contribution in [3.8, 4) is 5.75 Å². The summed E-state index contributed by atoms with van der Waals surface area (Å²) in [5.74, 6) is -0.834. The van der Waals surface area contributed by atoms with E-state index in [-0.39, 0.29) is 22.6 Å². The molecular formula is C15H12FNO4S. The zero-order chi connectivity index (χ0) is 15.9. The molecule has 5 nitrogen and oxygen atoms in total. The van der Waals surface area contributed by atoms with Gasteiger partial charge >= 0.3 is 0 Å². The zero-order valence-corrected chi connectivity index (χ0v) is 12.4. The third-order valence-corrected chi connectivity index (χ3v) is 5.26. The van der Waals surface area contributed by atoms with Crippen molar-refractivity contribution in [3.63, 3.8) is 0 Å². The van der Waals surface area contributed by atoms with E-state index in [2.05, 4.69) is 0 Å². The highest BCUT2D eigenvalue weighted by Gasteiger charge is 2.41. The fourth-order valence-electron chi connectivity index (χ4n) is 2.41. The molecule has 0 bridgehead atoms. The number of methoxy groups -OCH3 is 1. The van der Waals surface area contributed by atoms with E-state index >= 15 is 0 Å². The van der Waals surface area contributed by atoms with E-state index in [1.807, 2.05) is 0 Å². The number of halogens is 1. The van der Waals surface area contributed by atoms with E-state index in [0.29, 0.717) is 5.75 Å². The van der Waals surface area contributed by atoms with Crippen LogP contribution in [0.25, 0.3) is 0 Å². The van der Waals surface area contributed by atoms with Gasteiger partial charge in [-0.25, -0.2) is 17.1 Å². The second-order valence-corrected chi connectivity index (χ2v) is 6.60. The Labute approximate surface area is 127 Å². The average Bonchev–Trinajstić information content (AvgIpc) is 2.69. The highest BCUT2D eigenvalue weighted by molar-refractivity contribution is 7.90. The summed E-state index contributed by atoms with van der Waals surface area (Å²) in [7, 11) is -2.53. The monoisotopic (exact) mass is 321 g/mol. The summed E-state index contributed by atoms with van der Waals surface area (Å²) in [5, 5.41) is 0. The lowest BCUT2D eigenvalue weighted by molar-refractivity contribution is 0.0864. The standard InChI is InChI=1S/C15H12FNO4S/c1-21-13-7-6-11(16)8-10(13)9-17-15(18)12-4-2-3-5-14(12)22(17,19)20/h2-8H,9H2,1H3. The Morgan fingerprint density at radius 3 is 2.59 bits per heavy atom. The molecule has 0 atom stereocenters. The number of amides is 1. The number of hydrogen-bond acceptors (Lipinski definition) is 4. The second kappa shape index (κ2) is 5.10. The molecule has 0 aromatic heterocycles. The highest BCUT2D eigenvalue weighted by atomic mass is 32.2. The van der Waals surface area contributed by atoms with Crippen LogP contribution in [0.4, 0.5) is 4.39 Å². The molecule has 114 valence electrons. The summed E-state index contributed by atoms with van der Waals surface area (Å²) in [6.07, 6.45) is 0. The average molecular weight is 321 g/mol. The van der Waals surface area contributed by atoms with E-state index in [1.54, 1.807) is 12.1 Å². The maximum absolute atomic E-state index is 13.4. The van der Waals surface area contributed by atoms with Crippen LogP contribution in [0, 0.1) is 5.82 Å². The molecule has 1 aliphatic rings. The summed E-state index contributed by atoms with van der Waals surface area (Å²) >= 11 is 0. The van der Waals surface area contributed by atoms with Crippen LogP contribution >= 0.6 is 0 Å². The Balaban J connectivity index is 2.05. The largest absolute Gasteiger partial charge is 0.496 e. The number of fused-ring (bicyclic) bond motifs is 1. The quantitative estimate of drug-likeness (QED) is 0.869. The predicted molar refractivity (Wildman–Crippen MR) is 76.5 cm³/mol. The first-order valence-electron chi connectivity index (χ1n) is 6.43. The van der Waals surface area contributed by atoms with Gasteiger partial charge in [0.25, 0.3) is 15.9 Å². The summed E-state index contributed by atoms with van der Waals surface area (Å²) in [5.41, 5.74) is 0.408. The van der Waals surface area contributed by atoms with Gasteiger partial charge < -0.3 is 4.74 Å². The van der Waals surface area contributed by atoms with Crippen LogP contribution in [-0.4, -0.2) is 25.7 Å². The lowest BCUT2D eigenvalue weighted by Crippen LogP contribution is -2.29. The molecule has 2 aromatic rings. The number of carbonyl (C=O) groups excluding carboxylic acids is 1. The van der Waals surface area contributed by atoms with Crippen molar-refractivity contribution in [2.75, 3.05) is 7.11 Å². The van der Waals surface area contributed by atoms with Crippen LogP contribution in [0.2, 0.25) is 0 Å². The molecule has 0 saturated heterocycles. The zero-order valence-electron chi connectivity index (χ0n) is 11.6. The van der Waals surface area contributed by atoms with E-state index in [0.717, 1.165) is 10.4 Å². The van der Waals surface area contributed by atoms with Crippen molar-refractivity contribution < 1.29 is 22.3 Å². The topological polar surface area (TPSA) is 63.7 Å². The van der Waals surface area contributed by atoms with E-state index in [4.69, 9.17) is 4.74 Å². The van der Waals surface area contributed by atoms with Gasteiger partial charge in [-0.1, -0.05) is 12.1 Å². The molecular weight excluding hydrogens is 309 g/mol. The van der Waals surface area contributed by atoms with Gasteiger partial charge in [0, 0.05) is 5.56 Å². The maximum atomic E-state index is 13.4. The summed E-state index contributed by atoms with van der Waals surface area (Å²) < 4.78 is 44.1. The lowest BCUT2D eigenvalue weighted by atomic mass is 10.1. The van der Waals surface area contributed by atoms with Gasteiger partial charge in [-0.2, -0.15) is 0 Å². The van der Waals surface area contributed by atoms with Gasteiger partial charge in [-0.15, -0.1) is 0 Å². The molecule has 0 fully saturated rings. The predicted octanol–water partition coefficient (Wildman–Crippen LogP) is 2.18. The van der Waals surface area contributed by atoms with Crippen molar-refractivity contribution in [1.29, 1.82) is 0 Å². The second-order valence-electron chi connectivity index (χ2n) is 4.77. The fraction of sp³-hybridized carbons (Fsp3) is 0.133. The molecule has 0 saturated carbocycles. The van der Waals surface area contributed by atoms with Crippen molar-refractivity contribution in [1.82, 2.24) is 4.31 Å². The summed E-state index contributed by atoms with van der Waals surface area (Å²) in [6, 6.07) is 9.74. The molecule has 3 rings (SSSR count). The van der Waals surface area contributed by atoms with Crippen molar-refractivity contribution in [2.24, 2.45) is 0 Å². The minimum absolute atomic E-state index is 0.0321. The molecule has 0 N–H and O–H groups in total. The smallest absolute Gasteiger partial charge is 0.269 e. The Kier molecular flexibility index (Phi) is 3.37. The molecule has 0 spiro atoms. The van der Waals surface area contributed by atoms with Crippen LogP contribution in [0.15, 0.2) is 47.4 Å². The number of carbonyl (C=O) groups is 1. The molecule has 2 aromatic carbocycles. The molecule has 0 radical (unpaired) electrons. The number of ether oxygens (including phenoxy) is 1. The lowest BCUT2D eigenvalue weighted by Gasteiger charge is -2.17. The Morgan fingerprint density at radius 2 is 1.91 bits per heavy atom. The molecule has 22 heavy (non-hydrogen) atoms. The summed E-state index contributed by atoms with van der Waals surface area (Å²) in [6.45, 7) is -0.281. The molecule has 7 heteroatoms. The Morgan fingerprint density at radius 1 is 1.18 bits per heavy atom. The van der Waals surface area contributed by atoms with Crippen molar-refractivity contribution in [3.05, 3.63) is 59.4 Å². The number of benzene rings is 2. The van der Waals surface area contributed by atoms with Crippen LogP contribution in [0.5, 0.6) is 5.75 Å². The van der Waals surface area contributed by atoms with Gasteiger partial charge in [0.1, 0.15) is 16.5 Å². The van der Waals surface area contributed by atoms with Crippen LogP contribution in [0.1, 0.15) is 15.9 Å². The first-order valence-corrected chi connectivity index (χ1v) is 7.87. The maximum Gasteiger partial charge on any atom is 0.269 e. The third-order valence-electron chi connectivity index (χ3n) is 3.47. The van der Waals surface area contributed by atoms with E-state index in [9.17, 15) is 17.6 Å². The van der Waals surface area contributed by atoms with Crippen LogP contribution in [-0.2, 0) is 16.6 Å². The van der Waals surface area contributed by atoms with Gasteiger partial charge in [-0.05, 0) is 30.3 Å². The first-order chi connectivity index (χ1) is 10.4. The van der Waals surface area contributed by atoms with Crippen molar-refractivity contribution >= 4 is 15.9 Å². The molecule has 1 heterocycles. The van der Waals surface area contributed by atoms with Crippen LogP contribution < -0.4 is 4.74 Å². The molecule has 0 unspecified atom stereocenters. The highest BCUT2D eigenvalue weighted by Crippen LogP contribution is 2.33. The van der Waals surface area contributed by atoms with Gasteiger partial charge in [0.2, 0.25) is 0 Å². The minimum atomic E-state index is -3.93. The number of nitrogens with zero attached hydrogens (tertiary/aromatic N) is 1. The number of hydrogen-bond donors (Lipinski definition) is 0. The van der Waals surface area contributed by atoms with E-state index < -0.39 is 21.7 Å². The van der Waals surface area contributed by atoms with Gasteiger partial charge in [0.15, 0.2) is 0 Å². The first kappa shape index (κ1) is 14.5. The molecule has 0 aliphatic carbocycles. The molecule has 1 aliphatic heterocycles. The van der Waals surface area contributed by atoms with Gasteiger partial charge in [0.05, 0.1) is 19.2 Å². The fourth-order valence-corrected chi connectivity index (χ4v) is 3.96. The Bertz CT molecular complexity index is 864. The third kappa shape index (κ3) is 2.14. The number of sulfonamides is 1. The Hall–Kier alpha value is -2.41. The van der Waals surface area contributed by atoms with Crippen molar-refractivity contribution in [2.45, 2.75) is 11.4 Å². The van der Waals surface area contributed by atoms with E-state index in [1.165, 1.54) is 31.4 Å². The normalized spacial score (nSPS) is 15.7. The minimum Gasteiger partial charge on any atom is -0.496 e. The SMILES string of the molecule is COc1ccc(F)cc1CN1C(=O)c2ccccc2S1(=O)=O. The van der Waals surface area contributed by atoms with Crippen LogP contribution in [0.3, 0.4) is 0 Å².